The Balaban J connectivity index is 2.03. The third-order valence-corrected chi connectivity index (χ3v) is 2.41. The Bertz CT molecular complexity index is 434. The average molecular weight is 216 g/mol. The molecule has 0 bridgehead atoms. The number of aliphatic hydroxyl groups excluding tert-OH is 1. The highest BCUT2D eigenvalue weighted by Gasteiger charge is 2.02. The summed E-state index contributed by atoms with van der Waals surface area (Å²) in [6.07, 6.45) is 4.15. The lowest BCUT2D eigenvalue weighted by molar-refractivity contribution is 0.195. The van der Waals surface area contributed by atoms with Crippen molar-refractivity contribution in [1.29, 1.82) is 0 Å². The molecule has 84 valence electrons. The van der Waals surface area contributed by atoms with Gasteiger partial charge in [0.25, 0.3) is 0 Å². The topological polar surface area (TPSA) is 38.1 Å². The van der Waals surface area contributed by atoms with E-state index in [2.05, 4.69) is 17.2 Å². The van der Waals surface area contributed by atoms with Crippen molar-refractivity contribution in [2.24, 2.45) is 0 Å². The van der Waals surface area contributed by atoms with Gasteiger partial charge in [0.05, 0.1) is 18.8 Å². The largest absolute Gasteiger partial charge is 0.393 e. The molecular formula is C13H16N2O. The molecule has 1 atom stereocenters. The van der Waals surface area contributed by atoms with Gasteiger partial charge in [0.15, 0.2) is 0 Å². The average Bonchev–Trinajstić information content (AvgIpc) is 2.66. The molecule has 1 heterocycles. The van der Waals surface area contributed by atoms with Crippen molar-refractivity contribution < 1.29 is 5.11 Å². The molecule has 3 nitrogen and oxygen atoms in total. The zero-order chi connectivity index (χ0) is 11.4. The summed E-state index contributed by atoms with van der Waals surface area (Å²) in [4.78, 5) is 0. The summed E-state index contributed by atoms with van der Waals surface area (Å²) < 4.78 is 1.90. The maximum absolute atomic E-state index is 9.27. The molecule has 0 aliphatic heterocycles. The highest BCUT2D eigenvalue weighted by molar-refractivity contribution is 5.15. The van der Waals surface area contributed by atoms with Crippen molar-refractivity contribution in [2.45, 2.75) is 26.0 Å². The van der Waals surface area contributed by atoms with Crippen LogP contribution >= 0.6 is 0 Å². The van der Waals surface area contributed by atoms with E-state index in [-0.39, 0.29) is 6.10 Å². The third kappa shape index (κ3) is 2.94. The van der Waals surface area contributed by atoms with Gasteiger partial charge in [0, 0.05) is 12.6 Å². The van der Waals surface area contributed by atoms with Crippen LogP contribution in [0.25, 0.3) is 0 Å². The van der Waals surface area contributed by atoms with Gasteiger partial charge < -0.3 is 5.11 Å². The van der Waals surface area contributed by atoms with Gasteiger partial charge in [0.2, 0.25) is 0 Å². The molecule has 0 aliphatic carbocycles. The third-order valence-electron chi connectivity index (χ3n) is 2.41. The zero-order valence-corrected chi connectivity index (χ0v) is 9.37. The lowest BCUT2D eigenvalue weighted by atomic mass is 10.2. The van der Waals surface area contributed by atoms with Gasteiger partial charge in [-0.05, 0) is 18.1 Å². The smallest absolute Gasteiger partial charge is 0.0659 e. The molecule has 3 heteroatoms. The number of hydrogen-bond donors (Lipinski definition) is 1. The summed E-state index contributed by atoms with van der Waals surface area (Å²) in [5, 5.41) is 13.5. The second kappa shape index (κ2) is 4.94. The second-order valence-corrected chi connectivity index (χ2v) is 4.08. The summed E-state index contributed by atoms with van der Waals surface area (Å²) in [7, 11) is 0. The molecule has 0 amide bonds. The van der Waals surface area contributed by atoms with Crippen LogP contribution in [0.5, 0.6) is 0 Å². The van der Waals surface area contributed by atoms with E-state index in [4.69, 9.17) is 0 Å². The predicted molar refractivity (Wildman–Crippen MR) is 63.2 cm³/mol. The summed E-state index contributed by atoms with van der Waals surface area (Å²) >= 11 is 0. The highest BCUT2D eigenvalue weighted by atomic mass is 16.3. The fourth-order valence-corrected chi connectivity index (χ4v) is 1.71. The molecule has 0 spiro atoms. The number of aromatic nitrogens is 2. The molecule has 2 aromatic rings. The Morgan fingerprint density at radius 1 is 1.25 bits per heavy atom. The van der Waals surface area contributed by atoms with Crippen LogP contribution in [0.4, 0.5) is 0 Å². The maximum atomic E-state index is 9.27. The Labute approximate surface area is 95.3 Å². The van der Waals surface area contributed by atoms with Crippen molar-refractivity contribution in [1.82, 2.24) is 9.78 Å². The molecule has 16 heavy (non-hydrogen) atoms. The SMILES string of the molecule is C[C@@H](O)Cc1cnn(Cc2ccccc2)c1. The molecule has 0 fully saturated rings. The van der Waals surface area contributed by atoms with Crippen LogP contribution in [0.1, 0.15) is 18.1 Å². The van der Waals surface area contributed by atoms with Crippen molar-refractivity contribution in [3.05, 3.63) is 53.9 Å². The van der Waals surface area contributed by atoms with Gasteiger partial charge in [-0.25, -0.2) is 0 Å². The summed E-state index contributed by atoms with van der Waals surface area (Å²) in [5.41, 5.74) is 2.31. The van der Waals surface area contributed by atoms with Crippen LogP contribution in [0, 0.1) is 0 Å². The minimum atomic E-state index is -0.311. The van der Waals surface area contributed by atoms with Crippen LogP contribution in [0.15, 0.2) is 42.7 Å². The first-order valence-electron chi connectivity index (χ1n) is 5.47. The number of rotatable bonds is 4. The molecule has 2 rings (SSSR count). The van der Waals surface area contributed by atoms with Crippen LogP contribution in [0.2, 0.25) is 0 Å². The fraction of sp³-hybridized carbons (Fsp3) is 0.308. The molecule has 0 unspecified atom stereocenters. The summed E-state index contributed by atoms with van der Waals surface area (Å²) in [6, 6.07) is 10.2. The van der Waals surface area contributed by atoms with Gasteiger partial charge in [-0.15, -0.1) is 0 Å². The quantitative estimate of drug-likeness (QED) is 0.847. The van der Waals surface area contributed by atoms with E-state index in [1.165, 1.54) is 5.56 Å². The molecule has 0 saturated carbocycles. The van der Waals surface area contributed by atoms with Crippen molar-refractivity contribution in [3.8, 4) is 0 Å². The first-order valence-corrected chi connectivity index (χ1v) is 5.47. The Morgan fingerprint density at radius 3 is 2.69 bits per heavy atom. The second-order valence-electron chi connectivity index (χ2n) is 4.08. The van der Waals surface area contributed by atoms with E-state index in [0.717, 1.165) is 12.1 Å². The van der Waals surface area contributed by atoms with Gasteiger partial charge in [0.1, 0.15) is 0 Å². The molecule has 1 aromatic carbocycles. The summed E-state index contributed by atoms with van der Waals surface area (Å²) in [5.74, 6) is 0. The number of benzene rings is 1. The first kappa shape index (κ1) is 10.9. The van der Waals surface area contributed by atoms with Gasteiger partial charge >= 0.3 is 0 Å². The van der Waals surface area contributed by atoms with E-state index in [1.807, 2.05) is 35.3 Å². The molecule has 1 N–H and O–H groups in total. The zero-order valence-electron chi connectivity index (χ0n) is 9.37. The molecular weight excluding hydrogens is 200 g/mol. The normalized spacial score (nSPS) is 12.6. The van der Waals surface area contributed by atoms with Crippen molar-refractivity contribution >= 4 is 0 Å². The Kier molecular flexibility index (Phi) is 3.37. The van der Waals surface area contributed by atoms with E-state index in [0.29, 0.717) is 6.42 Å². The number of nitrogens with zero attached hydrogens (tertiary/aromatic N) is 2. The van der Waals surface area contributed by atoms with Gasteiger partial charge in [-0.1, -0.05) is 30.3 Å². The first-order chi connectivity index (χ1) is 7.74. The van der Waals surface area contributed by atoms with Crippen LogP contribution < -0.4 is 0 Å². The van der Waals surface area contributed by atoms with Crippen molar-refractivity contribution in [2.75, 3.05) is 0 Å². The van der Waals surface area contributed by atoms with E-state index in [9.17, 15) is 5.11 Å². The lowest BCUT2D eigenvalue weighted by Gasteiger charge is -2.01. The predicted octanol–water partition coefficient (Wildman–Crippen LogP) is 1.85. The summed E-state index contributed by atoms with van der Waals surface area (Å²) in [6.45, 7) is 2.56. The fourth-order valence-electron chi connectivity index (χ4n) is 1.71. The Hall–Kier alpha value is -1.61. The number of aliphatic hydroxyl groups is 1. The van der Waals surface area contributed by atoms with E-state index in [1.54, 1.807) is 6.92 Å². The maximum Gasteiger partial charge on any atom is 0.0659 e. The van der Waals surface area contributed by atoms with E-state index < -0.39 is 0 Å². The molecule has 0 radical (unpaired) electrons. The monoisotopic (exact) mass is 216 g/mol. The van der Waals surface area contributed by atoms with Gasteiger partial charge in [-0.2, -0.15) is 5.10 Å². The Morgan fingerprint density at radius 2 is 2.00 bits per heavy atom. The van der Waals surface area contributed by atoms with Crippen LogP contribution in [0.3, 0.4) is 0 Å². The number of hydrogen-bond acceptors (Lipinski definition) is 2. The van der Waals surface area contributed by atoms with Gasteiger partial charge in [-0.3, -0.25) is 4.68 Å². The van der Waals surface area contributed by atoms with E-state index >= 15 is 0 Å². The van der Waals surface area contributed by atoms with Crippen LogP contribution in [-0.2, 0) is 13.0 Å². The minimum Gasteiger partial charge on any atom is -0.393 e. The lowest BCUT2D eigenvalue weighted by Crippen LogP contribution is -2.03. The highest BCUT2D eigenvalue weighted by Crippen LogP contribution is 2.05. The standard InChI is InChI=1S/C13H16N2O/c1-11(16)7-13-8-14-15(10-13)9-12-5-3-2-4-6-12/h2-6,8,10-11,16H,7,9H2,1H3/t11-/m1/s1. The molecule has 0 saturated heterocycles. The minimum absolute atomic E-state index is 0.311. The molecule has 0 aliphatic rings. The van der Waals surface area contributed by atoms with Crippen molar-refractivity contribution in [3.63, 3.8) is 0 Å². The van der Waals surface area contributed by atoms with Crippen LogP contribution in [-0.4, -0.2) is 21.0 Å². The molecule has 1 aromatic heterocycles.